The van der Waals surface area contributed by atoms with Gasteiger partial charge in [-0.05, 0) is 30.5 Å². The van der Waals surface area contributed by atoms with E-state index >= 15 is 0 Å². The Balaban J connectivity index is 1.52. The highest BCUT2D eigenvalue weighted by Gasteiger charge is 2.15. The first kappa shape index (κ1) is 11.8. The van der Waals surface area contributed by atoms with E-state index in [1.54, 1.807) is 0 Å². The van der Waals surface area contributed by atoms with E-state index in [9.17, 15) is 0 Å². The highest BCUT2D eigenvalue weighted by Crippen LogP contribution is 2.30. The molecule has 2 aliphatic rings. The van der Waals surface area contributed by atoms with E-state index in [4.69, 9.17) is 14.2 Å². The zero-order valence-electron chi connectivity index (χ0n) is 10.5. The van der Waals surface area contributed by atoms with Gasteiger partial charge in [-0.25, -0.2) is 0 Å². The van der Waals surface area contributed by atoms with Crippen molar-refractivity contribution in [2.24, 2.45) is 0 Å². The van der Waals surface area contributed by atoms with Gasteiger partial charge in [0.2, 0.25) is 0 Å². The monoisotopic (exact) mass is 249 g/mol. The van der Waals surface area contributed by atoms with E-state index in [-0.39, 0.29) is 0 Å². The molecular weight excluding hydrogens is 230 g/mol. The second-order valence-corrected chi connectivity index (χ2v) is 4.74. The van der Waals surface area contributed by atoms with Crippen molar-refractivity contribution in [3.05, 3.63) is 23.8 Å². The van der Waals surface area contributed by atoms with Crippen molar-refractivity contribution >= 4 is 0 Å². The summed E-state index contributed by atoms with van der Waals surface area (Å²) >= 11 is 0. The van der Waals surface area contributed by atoms with Crippen LogP contribution in [0, 0.1) is 0 Å². The molecule has 0 spiro atoms. The fraction of sp³-hybridized carbons (Fsp3) is 0.571. The third-order valence-corrected chi connectivity index (χ3v) is 3.33. The number of fused-ring (bicyclic) bond motifs is 1. The van der Waals surface area contributed by atoms with Crippen LogP contribution in [0.4, 0.5) is 0 Å². The molecule has 4 nitrogen and oxygen atoms in total. The second-order valence-electron chi connectivity index (χ2n) is 4.74. The highest BCUT2D eigenvalue weighted by molar-refractivity contribution is 5.43. The van der Waals surface area contributed by atoms with E-state index in [1.165, 1.54) is 18.4 Å². The van der Waals surface area contributed by atoms with Crippen molar-refractivity contribution < 1.29 is 14.2 Å². The number of hydrogen-bond donors (Lipinski definition) is 1. The van der Waals surface area contributed by atoms with Gasteiger partial charge in [-0.3, -0.25) is 0 Å². The van der Waals surface area contributed by atoms with Gasteiger partial charge in [-0.1, -0.05) is 6.07 Å². The molecule has 1 saturated heterocycles. The normalized spacial score (nSPS) is 22.1. The predicted molar refractivity (Wildman–Crippen MR) is 68.1 cm³/mol. The molecule has 0 unspecified atom stereocenters. The Morgan fingerprint density at radius 2 is 2.00 bits per heavy atom. The summed E-state index contributed by atoms with van der Waals surface area (Å²) in [6, 6.07) is 6.12. The third kappa shape index (κ3) is 2.76. The van der Waals surface area contributed by atoms with Crippen molar-refractivity contribution in [3.63, 3.8) is 0 Å². The van der Waals surface area contributed by atoms with Gasteiger partial charge < -0.3 is 19.5 Å². The number of rotatable bonds is 4. The minimum absolute atomic E-state index is 0.391. The largest absolute Gasteiger partial charge is 0.486 e. The van der Waals surface area contributed by atoms with Crippen molar-refractivity contribution in [3.8, 4) is 11.5 Å². The van der Waals surface area contributed by atoms with Gasteiger partial charge in [-0.15, -0.1) is 0 Å². The van der Waals surface area contributed by atoms with E-state index in [1.807, 2.05) is 6.07 Å². The van der Waals surface area contributed by atoms with Crippen LogP contribution >= 0.6 is 0 Å². The van der Waals surface area contributed by atoms with Crippen LogP contribution in [0.5, 0.6) is 11.5 Å². The summed E-state index contributed by atoms with van der Waals surface area (Å²) < 4.78 is 16.6. The lowest BCUT2D eigenvalue weighted by Gasteiger charge is -2.19. The molecule has 0 aromatic heterocycles. The number of ether oxygens (including phenoxy) is 3. The third-order valence-electron chi connectivity index (χ3n) is 3.33. The summed E-state index contributed by atoms with van der Waals surface area (Å²) in [5.74, 6) is 1.71. The molecule has 0 radical (unpaired) electrons. The second kappa shape index (κ2) is 5.59. The first-order valence-corrected chi connectivity index (χ1v) is 6.63. The molecular formula is C14H19NO3. The molecule has 18 heavy (non-hydrogen) atoms. The lowest BCUT2D eigenvalue weighted by Crippen LogP contribution is -2.25. The lowest BCUT2D eigenvalue weighted by atomic mass is 10.2. The Labute approximate surface area is 107 Å². The quantitative estimate of drug-likeness (QED) is 0.882. The molecule has 0 saturated carbocycles. The molecule has 1 aromatic rings. The van der Waals surface area contributed by atoms with Crippen molar-refractivity contribution in [2.75, 3.05) is 26.4 Å². The average molecular weight is 249 g/mol. The van der Waals surface area contributed by atoms with Crippen LogP contribution in [-0.4, -0.2) is 32.5 Å². The molecule has 98 valence electrons. The average Bonchev–Trinajstić information content (AvgIpc) is 2.92. The molecule has 4 heteroatoms. The predicted octanol–water partition coefficient (Wildman–Crippen LogP) is 1.73. The molecule has 1 atom stereocenters. The van der Waals surface area contributed by atoms with E-state index in [2.05, 4.69) is 17.4 Å². The summed E-state index contributed by atoms with van der Waals surface area (Å²) in [7, 11) is 0. The molecule has 1 aromatic carbocycles. The molecule has 2 aliphatic heterocycles. The van der Waals surface area contributed by atoms with Gasteiger partial charge in [0, 0.05) is 19.7 Å². The van der Waals surface area contributed by atoms with Crippen LogP contribution < -0.4 is 14.8 Å². The van der Waals surface area contributed by atoms with Gasteiger partial charge in [-0.2, -0.15) is 0 Å². The summed E-state index contributed by atoms with van der Waals surface area (Å²) in [5, 5.41) is 3.43. The zero-order chi connectivity index (χ0) is 12.2. The molecule has 0 bridgehead atoms. The summed E-state index contributed by atoms with van der Waals surface area (Å²) in [5.41, 5.74) is 1.22. The SMILES string of the molecule is c1cc2c(cc1CNC[C@@H]1CCCO1)OCCO2. The summed E-state index contributed by atoms with van der Waals surface area (Å²) in [6.45, 7) is 3.96. The maximum Gasteiger partial charge on any atom is 0.161 e. The van der Waals surface area contributed by atoms with Gasteiger partial charge >= 0.3 is 0 Å². The Hall–Kier alpha value is -1.26. The van der Waals surface area contributed by atoms with Crippen LogP contribution in [0.25, 0.3) is 0 Å². The van der Waals surface area contributed by atoms with Crippen LogP contribution in [0.15, 0.2) is 18.2 Å². The summed E-state index contributed by atoms with van der Waals surface area (Å²) in [6.07, 6.45) is 2.76. The molecule has 0 amide bonds. The molecule has 0 aliphatic carbocycles. The smallest absolute Gasteiger partial charge is 0.161 e. The van der Waals surface area contributed by atoms with Crippen LogP contribution in [0.1, 0.15) is 18.4 Å². The fourth-order valence-corrected chi connectivity index (χ4v) is 2.38. The maximum atomic E-state index is 5.57. The molecule has 1 fully saturated rings. The first-order chi connectivity index (χ1) is 8.92. The Kier molecular flexibility index (Phi) is 3.67. The fourth-order valence-electron chi connectivity index (χ4n) is 2.38. The van der Waals surface area contributed by atoms with Crippen molar-refractivity contribution in [2.45, 2.75) is 25.5 Å². The van der Waals surface area contributed by atoms with Crippen LogP contribution in [0.3, 0.4) is 0 Å². The Morgan fingerprint density at radius 3 is 2.83 bits per heavy atom. The number of nitrogens with one attached hydrogen (secondary N) is 1. The summed E-state index contributed by atoms with van der Waals surface area (Å²) in [4.78, 5) is 0. The minimum Gasteiger partial charge on any atom is -0.486 e. The van der Waals surface area contributed by atoms with Gasteiger partial charge in [0.1, 0.15) is 13.2 Å². The number of benzene rings is 1. The lowest BCUT2D eigenvalue weighted by molar-refractivity contribution is 0.110. The van der Waals surface area contributed by atoms with E-state index < -0.39 is 0 Å². The number of hydrogen-bond acceptors (Lipinski definition) is 4. The topological polar surface area (TPSA) is 39.7 Å². The Bertz CT molecular complexity index is 402. The van der Waals surface area contributed by atoms with Crippen LogP contribution in [-0.2, 0) is 11.3 Å². The van der Waals surface area contributed by atoms with Crippen molar-refractivity contribution in [1.82, 2.24) is 5.32 Å². The van der Waals surface area contributed by atoms with E-state index in [0.29, 0.717) is 19.3 Å². The maximum absolute atomic E-state index is 5.57. The van der Waals surface area contributed by atoms with Gasteiger partial charge in [0.05, 0.1) is 6.10 Å². The Morgan fingerprint density at radius 1 is 1.11 bits per heavy atom. The zero-order valence-corrected chi connectivity index (χ0v) is 10.5. The van der Waals surface area contributed by atoms with Crippen LogP contribution in [0.2, 0.25) is 0 Å². The van der Waals surface area contributed by atoms with Gasteiger partial charge in [0.15, 0.2) is 11.5 Å². The standard InChI is InChI=1S/C14H19NO3/c1-2-12(16-5-1)10-15-9-11-3-4-13-14(8-11)18-7-6-17-13/h3-4,8,12,15H,1-2,5-7,9-10H2/t12-/m0/s1. The molecule has 3 rings (SSSR count). The van der Waals surface area contributed by atoms with Gasteiger partial charge in [0.25, 0.3) is 0 Å². The highest BCUT2D eigenvalue weighted by atomic mass is 16.6. The minimum atomic E-state index is 0.391. The molecule has 1 N–H and O–H groups in total. The van der Waals surface area contributed by atoms with E-state index in [0.717, 1.165) is 31.2 Å². The van der Waals surface area contributed by atoms with Crippen molar-refractivity contribution in [1.29, 1.82) is 0 Å². The molecule has 2 heterocycles. The first-order valence-electron chi connectivity index (χ1n) is 6.63.